The largest absolute Gasteiger partial charge is 0.351 e. The Bertz CT molecular complexity index is 402. The van der Waals surface area contributed by atoms with Gasteiger partial charge in [-0.15, -0.1) is 0 Å². The van der Waals surface area contributed by atoms with Crippen LogP contribution in [0.4, 0.5) is 0 Å². The van der Waals surface area contributed by atoms with E-state index in [1.54, 1.807) is 32.4 Å². The Kier molecular flexibility index (Phi) is 3.99. The summed E-state index contributed by atoms with van der Waals surface area (Å²) in [4.78, 5) is 27.9. The Morgan fingerprint density at radius 3 is 2.69 bits per heavy atom. The van der Waals surface area contributed by atoms with Crippen LogP contribution in [0.25, 0.3) is 0 Å². The summed E-state index contributed by atoms with van der Waals surface area (Å²) < 4.78 is 0. The molecule has 2 amide bonds. The van der Waals surface area contributed by atoms with Crippen LogP contribution < -0.4 is 5.32 Å². The number of hydrogen-bond donors (Lipinski definition) is 1. The third-order valence-electron chi connectivity index (χ3n) is 1.99. The third kappa shape index (κ3) is 3.34. The number of carbonyl (C=O) groups is 2. The van der Waals surface area contributed by atoms with E-state index in [0.717, 1.165) is 0 Å². The highest BCUT2D eigenvalue weighted by atomic mass is 16.2. The molecule has 86 valence electrons. The number of nitrogens with zero attached hydrogens (tertiary/aromatic N) is 2. The van der Waals surface area contributed by atoms with Crippen molar-refractivity contribution in [1.29, 1.82) is 0 Å². The Morgan fingerprint density at radius 1 is 1.44 bits per heavy atom. The summed E-state index contributed by atoms with van der Waals surface area (Å²) in [6, 6.07) is 3.33. The molecule has 0 unspecified atom stereocenters. The third-order valence-corrected chi connectivity index (χ3v) is 1.99. The van der Waals surface area contributed by atoms with Crippen LogP contribution in [-0.2, 0) is 11.3 Å². The lowest BCUT2D eigenvalue weighted by Crippen LogP contribution is -2.23. The van der Waals surface area contributed by atoms with Crippen molar-refractivity contribution in [3.63, 3.8) is 0 Å². The number of rotatable bonds is 3. The SMILES string of the molecule is CC(=O)NCc1cc(C(=O)N(C)C)ccn1. The Hall–Kier alpha value is -1.91. The minimum absolute atomic E-state index is 0.0773. The van der Waals surface area contributed by atoms with Crippen LogP contribution in [0.1, 0.15) is 23.0 Å². The summed E-state index contributed by atoms with van der Waals surface area (Å²) in [6.07, 6.45) is 1.56. The monoisotopic (exact) mass is 221 g/mol. The quantitative estimate of drug-likeness (QED) is 0.804. The number of hydrogen-bond acceptors (Lipinski definition) is 3. The number of pyridine rings is 1. The van der Waals surface area contributed by atoms with Crippen molar-refractivity contribution in [2.24, 2.45) is 0 Å². The lowest BCUT2D eigenvalue weighted by atomic mass is 10.2. The molecular weight excluding hydrogens is 206 g/mol. The normalized spacial score (nSPS) is 9.69. The minimum atomic E-state index is -0.119. The molecule has 5 heteroatoms. The average molecular weight is 221 g/mol. The predicted octanol–water partition coefficient (Wildman–Crippen LogP) is 0.419. The molecule has 0 spiro atoms. The first-order valence-electron chi connectivity index (χ1n) is 4.91. The van der Waals surface area contributed by atoms with Gasteiger partial charge in [-0.05, 0) is 12.1 Å². The van der Waals surface area contributed by atoms with Crippen molar-refractivity contribution in [3.05, 3.63) is 29.6 Å². The van der Waals surface area contributed by atoms with Crippen LogP contribution in [-0.4, -0.2) is 35.8 Å². The summed E-state index contributed by atoms with van der Waals surface area (Å²) in [7, 11) is 3.38. The maximum absolute atomic E-state index is 11.6. The van der Waals surface area contributed by atoms with Crippen molar-refractivity contribution < 1.29 is 9.59 Å². The van der Waals surface area contributed by atoms with E-state index in [1.807, 2.05) is 0 Å². The topological polar surface area (TPSA) is 62.3 Å². The molecule has 0 bridgehead atoms. The molecule has 1 rings (SSSR count). The minimum Gasteiger partial charge on any atom is -0.351 e. The molecule has 1 aromatic rings. The van der Waals surface area contributed by atoms with Gasteiger partial charge in [0, 0.05) is 32.8 Å². The highest BCUT2D eigenvalue weighted by Gasteiger charge is 2.08. The van der Waals surface area contributed by atoms with E-state index in [-0.39, 0.29) is 11.8 Å². The van der Waals surface area contributed by atoms with Crippen molar-refractivity contribution >= 4 is 11.8 Å². The summed E-state index contributed by atoms with van der Waals surface area (Å²) >= 11 is 0. The molecular formula is C11H15N3O2. The van der Waals surface area contributed by atoms with E-state index < -0.39 is 0 Å². The van der Waals surface area contributed by atoms with Gasteiger partial charge in [0.2, 0.25) is 5.91 Å². The van der Waals surface area contributed by atoms with E-state index in [9.17, 15) is 9.59 Å². The van der Waals surface area contributed by atoms with Gasteiger partial charge in [0.05, 0.1) is 12.2 Å². The van der Waals surface area contributed by atoms with Crippen LogP contribution in [0, 0.1) is 0 Å². The van der Waals surface area contributed by atoms with Crippen molar-refractivity contribution in [2.45, 2.75) is 13.5 Å². The van der Waals surface area contributed by atoms with Crippen LogP contribution >= 0.6 is 0 Å². The maximum Gasteiger partial charge on any atom is 0.253 e. The van der Waals surface area contributed by atoms with E-state index in [2.05, 4.69) is 10.3 Å². The first-order chi connectivity index (χ1) is 7.50. The number of aromatic nitrogens is 1. The molecule has 0 aliphatic carbocycles. The molecule has 0 aliphatic heterocycles. The van der Waals surface area contributed by atoms with Crippen LogP contribution in [0.3, 0.4) is 0 Å². The molecule has 0 aliphatic rings. The molecule has 5 nitrogen and oxygen atoms in total. The van der Waals surface area contributed by atoms with Crippen LogP contribution in [0.2, 0.25) is 0 Å². The summed E-state index contributed by atoms with van der Waals surface area (Å²) in [5.41, 5.74) is 1.24. The van der Waals surface area contributed by atoms with Gasteiger partial charge in [-0.1, -0.05) is 0 Å². The first kappa shape index (κ1) is 12.2. The zero-order valence-corrected chi connectivity index (χ0v) is 9.65. The van der Waals surface area contributed by atoms with Gasteiger partial charge < -0.3 is 10.2 Å². The molecule has 16 heavy (non-hydrogen) atoms. The van der Waals surface area contributed by atoms with E-state index >= 15 is 0 Å². The van der Waals surface area contributed by atoms with Crippen LogP contribution in [0.5, 0.6) is 0 Å². The second-order valence-corrected chi connectivity index (χ2v) is 3.65. The lowest BCUT2D eigenvalue weighted by Gasteiger charge is -2.10. The zero-order valence-electron chi connectivity index (χ0n) is 9.65. The van der Waals surface area contributed by atoms with E-state index in [0.29, 0.717) is 17.8 Å². The van der Waals surface area contributed by atoms with Gasteiger partial charge in [-0.2, -0.15) is 0 Å². The molecule has 0 saturated heterocycles. The predicted molar refractivity (Wildman–Crippen MR) is 59.8 cm³/mol. The fraction of sp³-hybridized carbons (Fsp3) is 0.364. The highest BCUT2D eigenvalue weighted by Crippen LogP contribution is 2.04. The van der Waals surface area contributed by atoms with E-state index in [1.165, 1.54) is 11.8 Å². The summed E-state index contributed by atoms with van der Waals surface area (Å²) in [5.74, 6) is -0.197. The second kappa shape index (κ2) is 5.25. The molecule has 1 aromatic heterocycles. The van der Waals surface area contributed by atoms with Gasteiger partial charge >= 0.3 is 0 Å². The molecule has 0 radical (unpaired) electrons. The van der Waals surface area contributed by atoms with Crippen molar-refractivity contribution in [1.82, 2.24) is 15.2 Å². The van der Waals surface area contributed by atoms with Gasteiger partial charge in [0.15, 0.2) is 0 Å². The molecule has 0 aromatic carbocycles. The average Bonchev–Trinajstić information content (AvgIpc) is 2.25. The Morgan fingerprint density at radius 2 is 2.12 bits per heavy atom. The van der Waals surface area contributed by atoms with Crippen molar-refractivity contribution in [3.8, 4) is 0 Å². The molecule has 0 atom stereocenters. The number of amides is 2. The number of nitrogens with one attached hydrogen (secondary N) is 1. The number of carbonyl (C=O) groups excluding carboxylic acids is 2. The molecule has 0 saturated carbocycles. The van der Waals surface area contributed by atoms with E-state index in [4.69, 9.17) is 0 Å². The maximum atomic E-state index is 11.6. The molecule has 1 heterocycles. The lowest BCUT2D eigenvalue weighted by molar-refractivity contribution is -0.119. The fourth-order valence-corrected chi connectivity index (χ4v) is 1.18. The fourth-order valence-electron chi connectivity index (χ4n) is 1.18. The smallest absolute Gasteiger partial charge is 0.253 e. The Balaban J connectivity index is 2.78. The zero-order chi connectivity index (χ0) is 12.1. The highest BCUT2D eigenvalue weighted by molar-refractivity contribution is 5.93. The standard InChI is InChI=1S/C11H15N3O2/c1-8(15)13-7-10-6-9(4-5-12-10)11(16)14(2)3/h4-6H,7H2,1-3H3,(H,13,15). The van der Waals surface area contributed by atoms with Gasteiger partial charge in [0.1, 0.15) is 0 Å². The van der Waals surface area contributed by atoms with Gasteiger partial charge in [-0.3, -0.25) is 14.6 Å². The first-order valence-corrected chi connectivity index (χ1v) is 4.91. The van der Waals surface area contributed by atoms with Gasteiger partial charge in [-0.25, -0.2) is 0 Å². The second-order valence-electron chi connectivity index (χ2n) is 3.65. The van der Waals surface area contributed by atoms with Crippen molar-refractivity contribution in [2.75, 3.05) is 14.1 Å². The summed E-state index contributed by atoms with van der Waals surface area (Å²) in [6.45, 7) is 1.78. The summed E-state index contributed by atoms with van der Waals surface area (Å²) in [5, 5.41) is 2.63. The Labute approximate surface area is 94.5 Å². The molecule has 1 N–H and O–H groups in total. The molecule has 0 fully saturated rings. The van der Waals surface area contributed by atoms with Gasteiger partial charge in [0.25, 0.3) is 5.91 Å². The van der Waals surface area contributed by atoms with Crippen LogP contribution in [0.15, 0.2) is 18.3 Å².